The minimum Gasteiger partial charge on any atom is -0.478 e. The van der Waals surface area contributed by atoms with Gasteiger partial charge in [-0.15, -0.1) is 0 Å². The maximum absolute atomic E-state index is 11.0. The Morgan fingerprint density at radius 2 is 2.44 bits per heavy atom. The topological polar surface area (TPSA) is 78.0 Å². The van der Waals surface area contributed by atoms with E-state index in [1.165, 1.54) is 25.3 Å². The van der Waals surface area contributed by atoms with Crippen molar-refractivity contribution in [2.24, 2.45) is 5.92 Å². The van der Waals surface area contributed by atoms with Gasteiger partial charge in [-0.3, -0.25) is 5.10 Å². The van der Waals surface area contributed by atoms with Crippen LogP contribution in [-0.4, -0.2) is 27.8 Å². The summed E-state index contributed by atoms with van der Waals surface area (Å²) in [5, 5.41) is 18.5. The Morgan fingerprint density at radius 3 is 3.00 bits per heavy atom. The molecule has 0 saturated heterocycles. The van der Waals surface area contributed by atoms with Crippen molar-refractivity contribution >= 4 is 24.0 Å². The monoisotopic (exact) mass is 239 g/mol. The van der Waals surface area contributed by atoms with E-state index in [1.807, 2.05) is 0 Å². The third-order valence-electron chi connectivity index (χ3n) is 2.82. The highest BCUT2D eigenvalue weighted by Gasteiger charge is 2.18. The Morgan fingerprint density at radius 1 is 1.69 bits per heavy atom. The first-order valence-electron chi connectivity index (χ1n) is 5.23. The van der Waals surface area contributed by atoms with Gasteiger partial charge in [0.25, 0.3) is 0 Å². The van der Waals surface area contributed by atoms with Gasteiger partial charge in [0.2, 0.25) is 0 Å². The second-order valence-electron chi connectivity index (χ2n) is 3.98. The summed E-state index contributed by atoms with van der Waals surface area (Å²) >= 11 is 4.84. The maximum Gasteiger partial charge on any atom is 0.339 e. The molecule has 1 aliphatic rings. The summed E-state index contributed by atoms with van der Waals surface area (Å²) in [6.45, 7) is 0.776. The molecular formula is C10H13N3O2S. The van der Waals surface area contributed by atoms with Gasteiger partial charge in [-0.1, -0.05) is 18.6 Å². The molecule has 86 valence electrons. The molecule has 0 unspecified atom stereocenters. The number of H-pyrrole nitrogens is 1. The Hall–Kier alpha value is -1.43. The van der Waals surface area contributed by atoms with Gasteiger partial charge in [0, 0.05) is 6.54 Å². The highest BCUT2D eigenvalue weighted by molar-refractivity contribution is 7.71. The largest absolute Gasteiger partial charge is 0.478 e. The molecule has 0 amide bonds. The summed E-state index contributed by atoms with van der Waals surface area (Å²) < 4.78 is 0.326. The van der Waals surface area contributed by atoms with Crippen LogP contribution in [0.1, 0.15) is 29.6 Å². The first-order valence-corrected chi connectivity index (χ1v) is 5.64. The zero-order chi connectivity index (χ0) is 11.5. The van der Waals surface area contributed by atoms with Gasteiger partial charge >= 0.3 is 5.97 Å². The van der Waals surface area contributed by atoms with Gasteiger partial charge in [0.05, 0.1) is 0 Å². The number of aromatic nitrogens is 2. The number of anilines is 1. The molecule has 1 fully saturated rings. The summed E-state index contributed by atoms with van der Waals surface area (Å²) in [5.74, 6) is 0.00309. The number of carboxylic acids is 1. The summed E-state index contributed by atoms with van der Waals surface area (Å²) in [4.78, 5) is 11.0. The van der Waals surface area contributed by atoms with Crippen LogP contribution in [0.3, 0.4) is 0 Å². The minimum atomic E-state index is -1.01. The molecular weight excluding hydrogens is 226 g/mol. The molecule has 1 aromatic rings. The molecule has 1 heterocycles. The third kappa shape index (κ3) is 2.38. The molecule has 1 aromatic heterocycles. The van der Waals surface area contributed by atoms with E-state index in [0.717, 1.165) is 6.54 Å². The summed E-state index contributed by atoms with van der Waals surface area (Å²) in [6.07, 6.45) is 3.68. The maximum atomic E-state index is 11.0. The second-order valence-corrected chi connectivity index (χ2v) is 4.42. The number of carbonyl (C=O) groups is 1. The van der Waals surface area contributed by atoms with Gasteiger partial charge in [-0.25, -0.2) is 4.79 Å². The van der Waals surface area contributed by atoms with Crippen LogP contribution in [0.5, 0.6) is 0 Å². The predicted octanol–water partition coefficient (Wildman–Crippen LogP) is 2.05. The fourth-order valence-corrected chi connectivity index (χ4v) is 1.80. The number of rotatable bonds is 4. The molecule has 0 spiro atoms. The van der Waals surface area contributed by atoms with E-state index in [4.69, 9.17) is 17.3 Å². The number of hydrogen-bond acceptors (Lipinski definition) is 4. The summed E-state index contributed by atoms with van der Waals surface area (Å²) in [6, 6.07) is 1.41. The van der Waals surface area contributed by atoms with Crippen LogP contribution < -0.4 is 5.32 Å². The smallest absolute Gasteiger partial charge is 0.339 e. The highest BCUT2D eigenvalue weighted by atomic mass is 32.1. The van der Waals surface area contributed by atoms with Gasteiger partial charge in [-0.2, -0.15) is 5.10 Å². The number of hydrogen-bond donors (Lipinski definition) is 3. The lowest BCUT2D eigenvalue weighted by Gasteiger charge is -2.25. The lowest BCUT2D eigenvalue weighted by atomic mass is 9.85. The van der Waals surface area contributed by atoms with Crippen LogP contribution in [0.2, 0.25) is 0 Å². The van der Waals surface area contributed by atoms with E-state index in [9.17, 15) is 4.79 Å². The Balaban J connectivity index is 2.11. The molecule has 6 heteroatoms. The number of aromatic amines is 1. The molecule has 0 aromatic carbocycles. The third-order valence-corrected chi connectivity index (χ3v) is 3.03. The Kier molecular flexibility index (Phi) is 3.19. The molecule has 1 saturated carbocycles. The van der Waals surface area contributed by atoms with Crippen LogP contribution in [-0.2, 0) is 0 Å². The van der Waals surface area contributed by atoms with E-state index in [2.05, 4.69) is 15.5 Å². The average Bonchev–Trinajstić information content (AvgIpc) is 2.17. The molecule has 0 aliphatic heterocycles. The van der Waals surface area contributed by atoms with Crippen molar-refractivity contribution in [2.45, 2.75) is 19.3 Å². The first kappa shape index (κ1) is 11.1. The highest BCUT2D eigenvalue weighted by Crippen LogP contribution is 2.26. The van der Waals surface area contributed by atoms with Crippen molar-refractivity contribution in [2.75, 3.05) is 11.9 Å². The minimum absolute atomic E-state index is 0.128. The van der Waals surface area contributed by atoms with Crippen LogP contribution in [0, 0.1) is 10.6 Å². The van der Waals surface area contributed by atoms with Crippen molar-refractivity contribution in [3.8, 4) is 0 Å². The van der Waals surface area contributed by atoms with Crippen molar-refractivity contribution < 1.29 is 9.90 Å². The molecule has 5 nitrogen and oxygen atoms in total. The van der Waals surface area contributed by atoms with Crippen molar-refractivity contribution in [3.05, 3.63) is 16.3 Å². The molecule has 3 N–H and O–H groups in total. The Labute approximate surface area is 97.9 Å². The van der Waals surface area contributed by atoms with Crippen molar-refractivity contribution in [3.63, 3.8) is 0 Å². The van der Waals surface area contributed by atoms with E-state index >= 15 is 0 Å². The molecule has 0 radical (unpaired) electrons. The second kappa shape index (κ2) is 4.61. The average molecular weight is 239 g/mol. The van der Waals surface area contributed by atoms with Crippen molar-refractivity contribution in [1.82, 2.24) is 10.2 Å². The van der Waals surface area contributed by atoms with Gasteiger partial charge in [0.15, 0.2) is 5.82 Å². The van der Waals surface area contributed by atoms with Crippen LogP contribution in [0.25, 0.3) is 0 Å². The summed E-state index contributed by atoms with van der Waals surface area (Å²) in [5.41, 5.74) is 0.128. The van der Waals surface area contributed by atoms with E-state index in [1.54, 1.807) is 0 Å². The fourth-order valence-electron chi connectivity index (χ4n) is 1.64. The molecule has 16 heavy (non-hydrogen) atoms. The number of nitrogens with one attached hydrogen (secondary N) is 2. The number of carboxylic acid groups (broad SMARTS) is 1. The Bertz CT molecular complexity index is 454. The molecule has 1 aliphatic carbocycles. The fraction of sp³-hybridized carbons (Fsp3) is 0.500. The number of aromatic carboxylic acids is 1. The first-order chi connectivity index (χ1) is 7.66. The molecule has 0 atom stereocenters. The number of nitrogens with zero attached hydrogens (tertiary/aromatic N) is 1. The van der Waals surface area contributed by atoms with Crippen LogP contribution >= 0.6 is 12.2 Å². The van der Waals surface area contributed by atoms with Crippen LogP contribution in [0.15, 0.2) is 6.07 Å². The van der Waals surface area contributed by atoms with Gasteiger partial charge in [-0.05, 0) is 24.8 Å². The van der Waals surface area contributed by atoms with Crippen molar-refractivity contribution in [1.29, 1.82) is 0 Å². The lowest BCUT2D eigenvalue weighted by Crippen LogP contribution is -2.22. The normalized spacial score (nSPS) is 15.5. The van der Waals surface area contributed by atoms with Gasteiger partial charge in [0.1, 0.15) is 10.2 Å². The van der Waals surface area contributed by atoms with E-state index in [0.29, 0.717) is 16.4 Å². The quantitative estimate of drug-likeness (QED) is 0.701. The predicted molar refractivity (Wildman–Crippen MR) is 62.2 cm³/mol. The lowest BCUT2D eigenvalue weighted by molar-refractivity contribution is 0.0697. The van der Waals surface area contributed by atoms with E-state index in [-0.39, 0.29) is 5.56 Å². The molecule has 0 bridgehead atoms. The van der Waals surface area contributed by atoms with Crippen LogP contribution in [0.4, 0.5) is 5.82 Å². The van der Waals surface area contributed by atoms with E-state index < -0.39 is 5.97 Å². The standard InChI is InChI=1S/C10H13N3O2S/c14-10(15)7-4-8(16)12-13-9(7)11-5-6-2-1-3-6/h4,6H,1-3,5H2,(H,11,13)(H,12,16)(H,14,15). The zero-order valence-electron chi connectivity index (χ0n) is 8.69. The summed E-state index contributed by atoms with van der Waals surface area (Å²) in [7, 11) is 0. The van der Waals surface area contributed by atoms with Gasteiger partial charge < -0.3 is 10.4 Å². The molecule has 2 rings (SSSR count). The zero-order valence-corrected chi connectivity index (χ0v) is 9.51. The SMILES string of the molecule is O=C(O)c1cc(=S)[nH]nc1NCC1CCC1.